The largest absolute Gasteiger partial charge is 0.416 e. The summed E-state index contributed by atoms with van der Waals surface area (Å²) in [5.41, 5.74) is -2.16. The first kappa shape index (κ1) is 26.0. The lowest BCUT2D eigenvalue weighted by Crippen LogP contribution is -2.45. The number of thioether (sulfide) groups is 1. The van der Waals surface area contributed by atoms with Crippen molar-refractivity contribution in [2.75, 3.05) is 19.8 Å². The van der Waals surface area contributed by atoms with E-state index in [2.05, 4.69) is 5.32 Å². The molecule has 1 heterocycles. The number of alkyl halides is 3. The first-order valence-corrected chi connectivity index (χ1v) is 11.3. The van der Waals surface area contributed by atoms with Gasteiger partial charge in [0, 0.05) is 24.3 Å². The molecule has 1 amide bonds. The van der Waals surface area contributed by atoms with Gasteiger partial charge in [-0.15, -0.1) is 0 Å². The SMILES string of the molecule is CCOC(CN1C=C(c2cccc(C(F)(F)F)c2)SC1NC(=O)c1c(F)cccc1F)OCC. The molecule has 5 nitrogen and oxygen atoms in total. The number of hydrogen-bond donors (Lipinski definition) is 1. The summed E-state index contributed by atoms with van der Waals surface area (Å²) in [5, 5.41) is 2.55. The number of nitrogens with zero attached hydrogens (tertiary/aromatic N) is 1. The molecule has 1 aliphatic rings. The van der Waals surface area contributed by atoms with Gasteiger partial charge >= 0.3 is 6.18 Å². The Hall–Kier alpha value is -2.63. The molecule has 0 spiro atoms. The minimum Gasteiger partial charge on any atom is -0.351 e. The van der Waals surface area contributed by atoms with Gasteiger partial charge in [0.15, 0.2) is 11.8 Å². The maximum atomic E-state index is 14.1. The van der Waals surface area contributed by atoms with Gasteiger partial charge in [0.25, 0.3) is 5.91 Å². The van der Waals surface area contributed by atoms with E-state index in [1.165, 1.54) is 12.1 Å². The lowest BCUT2D eigenvalue weighted by atomic mass is 10.1. The monoisotopic (exact) mass is 502 g/mol. The first-order chi connectivity index (χ1) is 16.1. The smallest absolute Gasteiger partial charge is 0.351 e. The van der Waals surface area contributed by atoms with Crippen LogP contribution in [-0.4, -0.2) is 42.4 Å². The van der Waals surface area contributed by atoms with Gasteiger partial charge in [0.1, 0.15) is 17.2 Å². The number of amides is 1. The second-order valence-corrected chi connectivity index (χ2v) is 8.27. The molecular weight excluding hydrogens is 479 g/mol. The Morgan fingerprint density at radius 3 is 2.29 bits per heavy atom. The second-order valence-electron chi connectivity index (χ2n) is 7.15. The number of halogens is 5. The number of ether oxygens (including phenoxy) is 2. The third-order valence-corrected chi connectivity index (χ3v) is 6.01. The quantitative estimate of drug-likeness (QED) is 0.366. The highest BCUT2D eigenvalue weighted by atomic mass is 32.2. The zero-order chi connectivity index (χ0) is 24.9. The molecule has 0 saturated heterocycles. The number of benzene rings is 2. The summed E-state index contributed by atoms with van der Waals surface area (Å²) < 4.78 is 78.8. The van der Waals surface area contributed by atoms with Crippen molar-refractivity contribution < 1.29 is 36.2 Å². The van der Waals surface area contributed by atoms with Crippen molar-refractivity contribution in [3.05, 3.63) is 77.0 Å². The van der Waals surface area contributed by atoms with Crippen LogP contribution in [0.25, 0.3) is 4.91 Å². The first-order valence-electron chi connectivity index (χ1n) is 10.4. The molecule has 11 heteroatoms. The highest BCUT2D eigenvalue weighted by molar-refractivity contribution is 8.09. The van der Waals surface area contributed by atoms with Crippen LogP contribution in [0.2, 0.25) is 0 Å². The van der Waals surface area contributed by atoms with Crippen molar-refractivity contribution in [1.82, 2.24) is 10.2 Å². The van der Waals surface area contributed by atoms with Crippen molar-refractivity contribution in [1.29, 1.82) is 0 Å². The van der Waals surface area contributed by atoms with Crippen LogP contribution in [0.4, 0.5) is 22.0 Å². The van der Waals surface area contributed by atoms with E-state index in [0.29, 0.717) is 18.1 Å². The Bertz CT molecular complexity index is 1020. The summed E-state index contributed by atoms with van der Waals surface area (Å²) >= 11 is 1.04. The van der Waals surface area contributed by atoms with Crippen LogP contribution >= 0.6 is 11.8 Å². The molecule has 0 bridgehead atoms. The number of rotatable bonds is 9. The van der Waals surface area contributed by atoms with Crippen LogP contribution < -0.4 is 5.32 Å². The Labute approximate surface area is 197 Å². The van der Waals surface area contributed by atoms with E-state index in [1.807, 2.05) is 0 Å². The maximum absolute atomic E-state index is 14.1. The molecule has 1 unspecified atom stereocenters. The van der Waals surface area contributed by atoms with Gasteiger partial charge in [-0.2, -0.15) is 13.2 Å². The Morgan fingerprint density at radius 2 is 1.71 bits per heavy atom. The molecule has 3 rings (SSSR count). The van der Waals surface area contributed by atoms with Crippen LogP contribution in [-0.2, 0) is 15.7 Å². The highest BCUT2D eigenvalue weighted by Crippen LogP contribution is 2.40. The molecule has 2 aromatic rings. The summed E-state index contributed by atoms with van der Waals surface area (Å²) in [6, 6.07) is 7.82. The third-order valence-electron chi connectivity index (χ3n) is 4.81. The van der Waals surface area contributed by atoms with E-state index in [4.69, 9.17) is 9.47 Å². The minimum absolute atomic E-state index is 0.113. The van der Waals surface area contributed by atoms with Crippen molar-refractivity contribution in [2.45, 2.75) is 31.8 Å². The molecule has 0 aliphatic carbocycles. The molecule has 0 fully saturated rings. The fourth-order valence-electron chi connectivity index (χ4n) is 3.29. The van der Waals surface area contributed by atoms with Crippen LogP contribution in [0.5, 0.6) is 0 Å². The predicted octanol–water partition coefficient (Wildman–Crippen LogP) is 5.44. The molecule has 1 N–H and O–H groups in total. The average Bonchev–Trinajstić information content (AvgIpc) is 3.15. The Balaban J connectivity index is 1.89. The van der Waals surface area contributed by atoms with Crippen molar-refractivity contribution in [3.8, 4) is 0 Å². The van der Waals surface area contributed by atoms with Gasteiger partial charge in [0.2, 0.25) is 0 Å². The van der Waals surface area contributed by atoms with Crippen molar-refractivity contribution in [2.24, 2.45) is 0 Å². The lowest BCUT2D eigenvalue weighted by Gasteiger charge is -2.29. The van der Waals surface area contributed by atoms with E-state index >= 15 is 0 Å². The van der Waals surface area contributed by atoms with Crippen LogP contribution in [0.3, 0.4) is 0 Å². The van der Waals surface area contributed by atoms with E-state index in [9.17, 15) is 26.7 Å². The summed E-state index contributed by atoms with van der Waals surface area (Å²) in [6.07, 6.45) is -3.66. The molecule has 0 saturated carbocycles. The van der Waals surface area contributed by atoms with E-state index in [0.717, 1.165) is 42.1 Å². The molecule has 2 aromatic carbocycles. The minimum atomic E-state index is -4.52. The van der Waals surface area contributed by atoms with E-state index < -0.39 is 46.6 Å². The number of nitrogens with one attached hydrogen (secondary N) is 1. The lowest BCUT2D eigenvalue weighted by molar-refractivity contribution is -0.144. The van der Waals surface area contributed by atoms with Gasteiger partial charge in [-0.05, 0) is 43.7 Å². The van der Waals surface area contributed by atoms with Gasteiger partial charge in [-0.25, -0.2) is 8.78 Å². The van der Waals surface area contributed by atoms with E-state index in [-0.39, 0.29) is 12.1 Å². The molecule has 1 atom stereocenters. The standard InChI is InChI=1S/C23H23F5N2O3S/c1-3-32-19(33-4-2)13-30-12-18(14-7-5-8-15(11-14)23(26,27)28)34-22(30)29-21(31)20-16(24)9-6-10-17(20)25/h5-12,19,22H,3-4,13H2,1-2H3,(H,29,31). The summed E-state index contributed by atoms with van der Waals surface area (Å²) in [7, 11) is 0. The molecular formula is C23H23F5N2O3S. The highest BCUT2D eigenvalue weighted by Gasteiger charge is 2.34. The zero-order valence-electron chi connectivity index (χ0n) is 18.4. The van der Waals surface area contributed by atoms with Gasteiger partial charge in [-0.1, -0.05) is 30.0 Å². The molecule has 34 heavy (non-hydrogen) atoms. The molecule has 0 radical (unpaired) electrons. The third kappa shape index (κ3) is 6.28. The Kier molecular flexibility index (Phi) is 8.56. The fourth-order valence-corrected chi connectivity index (χ4v) is 4.43. The van der Waals surface area contributed by atoms with Crippen LogP contribution in [0.1, 0.15) is 35.3 Å². The van der Waals surface area contributed by atoms with Gasteiger partial charge in [0.05, 0.1) is 12.1 Å². The number of hydrogen-bond acceptors (Lipinski definition) is 5. The topological polar surface area (TPSA) is 50.8 Å². The van der Waals surface area contributed by atoms with Crippen molar-refractivity contribution in [3.63, 3.8) is 0 Å². The average molecular weight is 503 g/mol. The van der Waals surface area contributed by atoms with Gasteiger partial charge in [-0.3, -0.25) is 4.79 Å². The van der Waals surface area contributed by atoms with E-state index in [1.54, 1.807) is 24.9 Å². The summed E-state index contributed by atoms with van der Waals surface area (Å²) in [5.74, 6) is -3.06. The maximum Gasteiger partial charge on any atom is 0.416 e. The van der Waals surface area contributed by atoms with Crippen molar-refractivity contribution >= 4 is 22.6 Å². The van der Waals surface area contributed by atoms with Crippen LogP contribution in [0, 0.1) is 11.6 Å². The normalized spacial score (nSPS) is 16.2. The summed E-state index contributed by atoms with van der Waals surface area (Å²) in [6.45, 7) is 4.34. The molecule has 1 aliphatic heterocycles. The van der Waals surface area contributed by atoms with Crippen LogP contribution in [0.15, 0.2) is 48.7 Å². The number of carbonyl (C=O) groups excluding carboxylic acids is 1. The molecule has 184 valence electrons. The zero-order valence-corrected chi connectivity index (χ0v) is 19.2. The van der Waals surface area contributed by atoms with Gasteiger partial charge < -0.3 is 19.7 Å². The summed E-state index contributed by atoms with van der Waals surface area (Å²) in [4.78, 5) is 14.7. The molecule has 0 aromatic heterocycles. The second kappa shape index (κ2) is 11.2. The predicted molar refractivity (Wildman–Crippen MR) is 118 cm³/mol. The number of carbonyl (C=O) groups is 1. The Morgan fingerprint density at radius 1 is 1.09 bits per heavy atom. The fraction of sp³-hybridized carbons (Fsp3) is 0.348.